The van der Waals surface area contributed by atoms with Gasteiger partial charge in [0.05, 0.1) is 0 Å². The Labute approximate surface area is 103 Å². The van der Waals surface area contributed by atoms with Crippen molar-refractivity contribution in [1.82, 2.24) is 10.2 Å². The first kappa shape index (κ1) is 15.9. The summed E-state index contributed by atoms with van der Waals surface area (Å²) in [5, 5.41) is 3.53. The molecule has 0 rings (SSSR count). The number of hydrogen-bond acceptors (Lipinski definition) is 2. The van der Waals surface area contributed by atoms with Crippen LogP contribution in [0.4, 0.5) is 0 Å². The Bertz CT molecular complexity index is 170. The van der Waals surface area contributed by atoms with E-state index in [2.05, 4.69) is 58.8 Å². The summed E-state index contributed by atoms with van der Waals surface area (Å²) in [6.45, 7) is 15.9. The van der Waals surface area contributed by atoms with Crippen molar-refractivity contribution < 1.29 is 0 Å². The van der Waals surface area contributed by atoms with Gasteiger partial charge in [0.1, 0.15) is 0 Å². The predicted octanol–water partition coefficient (Wildman–Crippen LogP) is 3.13. The largest absolute Gasteiger partial charge is 0.312 e. The van der Waals surface area contributed by atoms with Gasteiger partial charge in [-0.25, -0.2) is 0 Å². The van der Waals surface area contributed by atoms with Gasteiger partial charge in [-0.05, 0) is 66.6 Å². The summed E-state index contributed by atoms with van der Waals surface area (Å²) in [5.74, 6) is 0.796. The van der Waals surface area contributed by atoms with Gasteiger partial charge in [-0.2, -0.15) is 0 Å². The van der Waals surface area contributed by atoms with Crippen molar-refractivity contribution in [1.29, 1.82) is 0 Å². The minimum absolute atomic E-state index is 0.252. The first-order chi connectivity index (χ1) is 7.22. The quantitative estimate of drug-likeness (QED) is 0.674. The van der Waals surface area contributed by atoms with Crippen LogP contribution in [-0.2, 0) is 0 Å². The molecule has 0 aromatic carbocycles. The van der Waals surface area contributed by atoms with E-state index in [1.54, 1.807) is 0 Å². The van der Waals surface area contributed by atoms with Crippen LogP contribution in [0.15, 0.2) is 0 Å². The molecule has 0 spiro atoms. The van der Waals surface area contributed by atoms with Crippen LogP contribution in [0.1, 0.15) is 54.4 Å². The second-order valence-corrected chi connectivity index (χ2v) is 6.49. The Morgan fingerprint density at radius 1 is 1.12 bits per heavy atom. The first-order valence-corrected chi connectivity index (χ1v) is 6.67. The van der Waals surface area contributed by atoms with Gasteiger partial charge in [0.25, 0.3) is 0 Å². The third kappa shape index (κ3) is 9.17. The third-order valence-electron chi connectivity index (χ3n) is 2.91. The molecular formula is C14H32N2. The normalized spacial score (nSPS) is 14.8. The van der Waals surface area contributed by atoms with Gasteiger partial charge >= 0.3 is 0 Å². The fourth-order valence-electron chi connectivity index (χ4n) is 1.87. The fraction of sp³-hybridized carbons (Fsp3) is 1.00. The highest BCUT2D eigenvalue weighted by atomic mass is 15.1. The Morgan fingerprint density at radius 2 is 1.69 bits per heavy atom. The Balaban J connectivity index is 3.61. The predicted molar refractivity (Wildman–Crippen MR) is 73.9 cm³/mol. The van der Waals surface area contributed by atoms with E-state index in [-0.39, 0.29) is 5.54 Å². The second kappa shape index (κ2) is 7.29. The summed E-state index contributed by atoms with van der Waals surface area (Å²) in [4.78, 5) is 2.48. The highest BCUT2D eigenvalue weighted by Gasteiger charge is 2.11. The van der Waals surface area contributed by atoms with Crippen molar-refractivity contribution in [3.63, 3.8) is 0 Å². The SMILES string of the molecule is CC(C)CC(C)N(C)CCCNC(C)(C)C. The molecule has 0 aliphatic heterocycles. The highest BCUT2D eigenvalue weighted by Crippen LogP contribution is 2.09. The summed E-state index contributed by atoms with van der Waals surface area (Å²) >= 11 is 0. The van der Waals surface area contributed by atoms with E-state index in [4.69, 9.17) is 0 Å². The molecule has 0 fully saturated rings. The molecule has 1 unspecified atom stereocenters. The summed E-state index contributed by atoms with van der Waals surface area (Å²) in [6, 6.07) is 0.703. The molecule has 0 amide bonds. The molecule has 2 nitrogen and oxygen atoms in total. The zero-order valence-corrected chi connectivity index (χ0v) is 12.4. The van der Waals surface area contributed by atoms with Crippen molar-refractivity contribution >= 4 is 0 Å². The smallest absolute Gasteiger partial charge is 0.00965 e. The molecule has 1 atom stereocenters. The Morgan fingerprint density at radius 3 is 2.12 bits per heavy atom. The van der Waals surface area contributed by atoms with E-state index in [0.717, 1.165) is 12.5 Å². The maximum atomic E-state index is 3.53. The molecular weight excluding hydrogens is 196 g/mol. The molecule has 0 aliphatic carbocycles. The molecule has 1 N–H and O–H groups in total. The van der Waals surface area contributed by atoms with Crippen LogP contribution < -0.4 is 5.32 Å². The molecule has 0 aliphatic rings. The van der Waals surface area contributed by atoms with E-state index in [9.17, 15) is 0 Å². The van der Waals surface area contributed by atoms with E-state index in [1.807, 2.05) is 0 Å². The molecule has 0 heterocycles. The van der Waals surface area contributed by atoms with Crippen molar-refractivity contribution in [2.75, 3.05) is 20.1 Å². The highest BCUT2D eigenvalue weighted by molar-refractivity contribution is 4.71. The van der Waals surface area contributed by atoms with Gasteiger partial charge in [0.2, 0.25) is 0 Å². The number of nitrogens with zero attached hydrogens (tertiary/aromatic N) is 1. The van der Waals surface area contributed by atoms with Crippen LogP contribution in [0.2, 0.25) is 0 Å². The van der Waals surface area contributed by atoms with Crippen molar-refractivity contribution in [2.45, 2.75) is 66.0 Å². The fourth-order valence-corrected chi connectivity index (χ4v) is 1.87. The number of nitrogens with one attached hydrogen (secondary N) is 1. The Kier molecular flexibility index (Phi) is 7.25. The van der Waals surface area contributed by atoms with Crippen LogP contribution >= 0.6 is 0 Å². The van der Waals surface area contributed by atoms with Gasteiger partial charge in [-0.3, -0.25) is 0 Å². The summed E-state index contributed by atoms with van der Waals surface area (Å²) in [6.07, 6.45) is 2.53. The lowest BCUT2D eigenvalue weighted by molar-refractivity contribution is 0.223. The summed E-state index contributed by atoms with van der Waals surface area (Å²) in [7, 11) is 2.24. The minimum Gasteiger partial charge on any atom is -0.312 e. The minimum atomic E-state index is 0.252. The second-order valence-electron chi connectivity index (χ2n) is 6.49. The molecule has 2 heteroatoms. The topological polar surface area (TPSA) is 15.3 Å². The summed E-state index contributed by atoms with van der Waals surface area (Å²) < 4.78 is 0. The molecule has 98 valence electrons. The lowest BCUT2D eigenvalue weighted by Gasteiger charge is -2.27. The van der Waals surface area contributed by atoms with Crippen LogP contribution in [-0.4, -0.2) is 36.6 Å². The first-order valence-electron chi connectivity index (χ1n) is 6.67. The van der Waals surface area contributed by atoms with Crippen LogP contribution in [0.3, 0.4) is 0 Å². The van der Waals surface area contributed by atoms with Crippen LogP contribution in [0.5, 0.6) is 0 Å². The molecule has 0 bridgehead atoms. The zero-order chi connectivity index (χ0) is 12.8. The van der Waals surface area contributed by atoms with Crippen molar-refractivity contribution in [3.8, 4) is 0 Å². The van der Waals surface area contributed by atoms with Crippen LogP contribution in [0.25, 0.3) is 0 Å². The molecule has 0 saturated carbocycles. The van der Waals surface area contributed by atoms with Crippen molar-refractivity contribution in [2.24, 2.45) is 5.92 Å². The third-order valence-corrected chi connectivity index (χ3v) is 2.91. The van der Waals surface area contributed by atoms with Gasteiger partial charge in [0.15, 0.2) is 0 Å². The van der Waals surface area contributed by atoms with E-state index >= 15 is 0 Å². The molecule has 16 heavy (non-hydrogen) atoms. The summed E-state index contributed by atoms with van der Waals surface area (Å²) in [5.41, 5.74) is 0.252. The van der Waals surface area contributed by atoms with Gasteiger partial charge in [-0.1, -0.05) is 13.8 Å². The van der Waals surface area contributed by atoms with E-state index < -0.39 is 0 Å². The standard InChI is InChI=1S/C14H32N2/c1-12(2)11-13(3)16(7)10-8-9-15-14(4,5)6/h12-13,15H,8-11H2,1-7H3. The van der Waals surface area contributed by atoms with Gasteiger partial charge in [-0.15, -0.1) is 0 Å². The van der Waals surface area contributed by atoms with E-state index in [0.29, 0.717) is 6.04 Å². The lowest BCUT2D eigenvalue weighted by Crippen LogP contribution is -2.38. The average molecular weight is 228 g/mol. The van der Waals surface area contributed by atoms with Gasteiger partial charge in [0, 0.05) is 11.6 Å². The number of rotatable bonds is 7. The average Bonchev–Trinajstić information content (AvgIpc) is 2.09. The lowest BCUT2D eigenvalue weighted by atomic mass is 10.0. The molecule has 0 aromatic rings. The number of hydrogen-bond donors (Lipinski definition) is 1. The monoisotopic (exact) mass is 228 g/mol. The van der Waals surface area contributed by atoms with E-state index in [1.165, 1.54) is 19.4 Å². The van der Waals surface area contributed by atoms with Gasteiger partial charge < -0.3 is 10.2 Å². The maximum Gasteiger partial charge on any atom is 0.00965 e. The Hall–Kier alpha value is -0.0800. The van der Waals surface area contributed by atoms with Crippen molar-refractivity contribution in [3.05, 3.63) is 0 Å². The molecule has 0 saturated heterocycles. The molecule has 0 aromatic heterocycles. The van der Waals surface area contributed by atoms with Crippen LogP contribution in [0, 0.1) is 5.92 Å². The molecule has 0 radical (unpaired) electrons. The zero-order valence-electron chi connectivity index (χ0n) is 12.4. The maximum absolute atomic E-state index is 3.53.